The lowest BCUT2D eigenvalue weighted by molar-refractivity contribution is -0.180. The van der Waals surface area contributed by atoms with Gasteiger partial charge in [-0.3, -0.25) is 4.79 Å². The summed E-state index contributed by atoms with van der Waals surface area (Å²) in [5.74, 6) is -1.93. The van der Waals surface area contributed by atoms with Crippen molar-refractivity contribution in [1.82, 2.24) is 5.32 Å². The Labute approximate surface area is 181 Å². The number of hydrogen-bond donors (Lipinski definition) is 1. The molecule has 2 heterocycles. The lowest BCUT2D eigenvalue weighted by Crippen LogP contribution is -2.51. The van der Waals surface area contributed by atoms with Crippen LogP contribution in [0, 0.1) is 0 Å². The Morgan fingerprint density at radius 3 is 2.35 bits per heavy atom. The summed E-state index contributed by atoms with van der Waals surface area (Å²) in [6.45, 7) is 6.49. The monoisotopic (exact) mass is 445 g/mol. The van der Waals surface area contributed by atoms with Crippen LogP contribution in [0.4, 0.5) is 4.79 Å². The molecule has 1 N–H and O–H groups in total. The summed E-state index contributed by atoms with van der Waals surface area (Å²) in [5, 5.41) is 2.44. The number of ether oxygens (including phenoxy) is 6. The first-order chi connectivity index (χ1) is 14.4. The molecule has 2 aliphatic rings. The Bertz CT molecular complexity index is 703. The maximum absolute atomic E-state index is 12.7. The number of esters is 3. The molecule has 2 fully saturated rings. The van der Waals surface area contributed by atoms with Crippen LogP contribution >= 0.6 is 0 Å². The summed E-state index contributed by atoms with van der Waals surface area (Å²) >= 11 is 0. The second kappa shape index (κ2) is 9.82. The molecule has 0 spiro atoms. The standard InChI is InChI=1S/C20H31NO10/c1-11(22)29-12-7-14-15(28-10-12)9-20(30-14,17(24)27-6)8-13(16(23)26-5)21-18(25)31-19(2,3)4/h12-15H,7-10H2,1-6H3,(H,21,25)/t12-,13-,14+,15+,20+/m0/s1. The number of amides is 1. The van der Waals surface area contributed by atoms with Crippen molar-refractivity contribution < 1.29 is 47.6 Å². The van der Waals surface area contributed by atoms with E-state index in [-0.39, 0.29) is 19.4 Å². The minimum absolute atomic E-state index is 0.0978. The van der Waals surface area contributed by atoms with Crippen LogP contribution in [0.25, 0.3) is 0 Å². The molecule has 0 radical (unpaired) electrons. The highest BCUT2D eigenvalue weighted by Gasteiger charge is 2.56. The van der Waals surface area contributed by atoms with Crippen molar-refractivity contribution >= 4 is 24.0 Å². The van der Waals surface area contributed by atoms with Crippen molar-refractivity contribution in [3.05, 3.63) is 0 Å². The van der Waals surface area contributed by atoms with E-state index in [1.54, 1.807) is 20.8 Å². The van der Waals surface area contributed by atoms with E-state index in [0.717, 1.165) is 0 Å². The van der Waals surface area contributed by atoms with Crippen molar-refractivity contribution in [2.24, 2.45) is 0 Å². The van der Waals surface area contributed by atoms with E-state index in [1.165, 1.54) is 21.1 Å². The van der Waals surface area contributed by atoms with E-state index in [4.69, 9.17) is 28.4 Å². The molecule has 2 aliphatic heterocycles. The van der Waals surface area contributed by atoms with Crippen LogP contribution in [0.3, 0.4) is 0 Å². The summed E-state index contributed by atoms with van der Waals surface area (Å²) in [5.41, 5.74) is -2.35. The SMILES string of the molecule is COC(=O)[C@H](C[C@]1(C(=O)OC)C[C@H]2OC[C@@H](OC(C)=O)C[C@H]2O1)NC(=O)OC(C)(C)C. The molecule has 0 aliphatic carbocycles. The van der Waals surface area contributed by atoms with Crippen molar-refractivity contribution in [3.63, 3.8) is 0 Å². The van der Waals surface area contributed by atoms with E-state index in [2.05, 4.69) is 5.32 Å². The minimum Gasteiger partial charge on any atom is -0.467 e. The summed E-state index contributed by atoms with van der Waals surface area (Å²) < 4.78 is 31.9. The van der Waals surface area contributed by atoms with Gasteiger partial charge >= 0.3 is 24.0 Å². The largest absolute Gasteiger partial charge is 0.467 e. The first-order valence-corrected chi connectivity index (χ1v) is 10.0. The fourth-order valence-electron chi connectivity index (χ4n) is 3.76. The van der Waals surface area contributed by atoms with Crippen LogP contribution in [0.15, 0.2) is 0 Å². The van der Waals surface area contributed by atoms with Crippen LogP contribution in [0.1, 0.15) is 47.0 Å². The second-order valence-corrected chi connectivity index (χ2v) is 8.61. The van der Waals surface area contributed by atoms with Gasteiger partial charge in [-0.25, -0.2) is 14.4 Å². The molecule has 0 unspecified atom stereocenters. The van der Waals surface area contributed by atoms with Gasteiger partial charge in [0.25, 0.3) is 0 Å². The normalized spacial score (nSPS) is 28.6. The van der Waals surface area contributed by atoms with Crippen LogP contribution in [-0.2, 0) is 42.8 Å². The Hall–Kier alpha value is -2.40. The van der Waals surface area contributed by atoms with Crippen LogP contribution in [0.5, 0.6) is 0 Å². The van der Waals surface area contributed by atoms with Gasteiger partial charge in [0, 0.05) is 26.2 Å². The number of rotatable bonds is 6. The quantitative estimate of drug-likeness (QED) is 0.463. The Morgan fingerprint density at radius 2 is 1.81 bits per heavy atom. The predicted molar refractivity (Wildman–Crippen MR) is 104 cm³/mol. The van der Waals surface area contributed by atoms with Crippen molar-refractivity contribution in [1.29, 1.82) is 0 Å². The molecular formula is C20H31NO10. The number of nitrogens with one attached hydrogen (secondary N) is 1. The molecule has 11 heteroatoms. The van der Waals surface area contributed by atoms with Crippen LogP contribution < -0.4 is 5.32 Å². The summed E-state index contributed by atoms with van der Waals surface area (Å²) in [4.78, 5) is 48.5. The molecule has 2 saturated heterocycles. The fourth-order valence-corrected chi connectivity index (χ4v) is 3.76. The van der Waals surface area contributed by atoms with Crippen LogP contribution in [0.2, 0.25) is 0 Å². The van der Waals surface area contributed by atoms with Gasteiger partial charge in [-0.1, -0.05) is 0 Å². The van der Waals surface area contributed by atoms with Crippen molar-refractivity contribution in [3.8, 4) is 0 Å². The number of hydrogen-bond acceptors (Lipinski definition) is 10. The Kier molecular flexibility index (Phi) is 7.87. The molecule has 1 amide bonds. The molecule has 0 aromatic carbocycles. The maximum Gasteiger partial charge on any atom is 0.408 e. The minimum atomic E-state index is -1.57. The van der Waals surface area contributed by atoms with Gasteiger partial charge in [0.1, 0.15) is 17.7 Å². The van der Waals surface area contributed by atoms with Crippen LogP contribution in [-0.4, -0.2) is 80.4 Å². The molecule has 176 valence electrons. The maximum atomic E-state index is 12.7. The van der Waals surface area contributed by atoms with E-state index < -0.39 is 59.6 Å². The number of carbonyl (C=O) groups is 4. The lowest BCUT2D eigenvalue weighted by atomic mass is 9.89. The third-order valence-corrected chi connectivity index (χ3v) is 4.91. The molecule has 5 atom stereocenters. The number of alkyl carbamates (subject to hydrolysis) is 1. The Morgan fingerprint density at radius 1 is 1.13 bits per heavy atom. The van der Waals surface area contributed by atoms with Gasteiger partial charge in [0.2, 0.25) is 0 Å². The summed E-state index contributed by atoms with van der Waals surface area (Å²) in [7, 11) is 2.37. The highest BCUT2D eigenvalue weighted by molar-refractivity contribution is 5.85. The molecule has 0 bridgehead atoms. The zero-order valence-electron chi connectivity index (χ0n) is 18.7. The van der Waals surface area contributed by atoms with Gasteiger partial charge in [0.05, 0.1) is 33.0 Å². The van der Waals surface area contributed by atoms with Gasteiger partial charge in [-0.05, 0) is 20.8 Å². The molecule has 2 rings (SSSR count). The number of methoxy groups -OCH3 is 2. The molecule has 0 aromatic heterocycles. The zero-order chi connectivity index (χ0) is 23.4. The second-order valence-electron chi connectivity index (χ2n) is 8.61. The molecule has 0 aromatic rings. The molecule has 31 heavy (non-hydrogen) atoms. The van der Waals surface area contributed by atoms with E-state index >= 15 is 0 Å². The lowest BCUT2D eigenvalue weighted by Gasteiger charge is -2.31. The number of carbonyl (C=O) groups excluding carboxylic acids is 4. The van der Waals surface area contributed by atoms with Crippen molar-refractivity contribution in [2.75, 3.05) is 20.8 Å². The molecular weight excluding hydrogens is 414 g/mol. The van der Waals surface area contributed by atoms with E-state index in [1.807, 2.05) is 0 Å². The van der Waals surface area contributed by atoms with Gasteiger partial charge in [-0.15, -0.1) is 0 Å². The first kappa shape index (κ1) is 24.9. The smallest absolute Gasteiger partial charge is 0.408 e. The Balaban J connectivity index is 2.20. The third-order valence-electron chi connectivity index (χ3n) is 4.91. The van der Waals surface area contributed by atoms with E-state index in [9.17, 15) is 19.2 Å². The van der Waals surface area contributed by atoms with Crippen molar-refractivity contribution in [2.45, 2.75) is 82.5 Å². The third kappa shape index (κ3) is 6.54. The topological polar surface area (TPSA) is 136 Å². The predicted octanol–water partition coefficient (Wildman–Crippen LogP) is 0.864. The van der Waals surface area contributed by atoms with Gasteiger partial charge < -0.3 is 33.7 Å². The van der Waals surface area contributed by atoms with Gasteiger partial charge in [-0.2, -0.15) is 0 Å². The molecule has 0 saturated carbocycles. The molecule has 11 nitrogen and oxygen atoms in total. The van der Waals surface area contributed by atoms with Gasteiger partial charge in [0.15, 0.2) is 5.60 Å². The average molecular weight is 445 g/mol. The van der Waals surface area contributed by atoms with E-state index in [0.29, 0.717) is 6.42 Å². The highest BCUT2D eigenvalue weighted by Crippen LogP contribution is 2.41. The highest BCUT2D eigenvalue weighted by atomic mass is 16.6. The summed E-state index contributed by atoms with van der Waals surface area (Å²) in [6, 6.07) is -1.23. The zero-order valence-corrected chi connectivity index (χ0v) is 18.7. The fraction of sp³-hybridized carbons (Fsp3) is 0.800. The summed E-state index contributed by atoms with van der Waals surface area (Å²) in [6.07, 6.45) is -2.21. The average Bonchev–Trinajstić information content (AvgIpc) is 3.02. The first-order valence-electron chi connectivity index (χ1n) is 10.0. The number of fused-ring (bicyclic) bond motifs is 1.